The summed E-state index contributed by atoms with van der Waals surface area (Å²) in [4.78, 5) is 47.0. The summed E-state index contributed by atoms with van der Waals surface area (Å²) in [6.07, 6.45) is 16.9. The maximum absolute atomic E-state index is 11.9. The van der Waals surface area contributed by atoms with E-state index < -0.39 is 24.0 Å². The van der Waals surface area contributed by atoms with E-state index in [4.69, 9.17) is 9.47 Å². The van der Waals surface area contributed by atoms with Gasteiger partial charge in [0.25, 0.3) is 0 Å². The number of carbonyl (C=O) groups excluding carboxylic acids is 4. The molecule has 0 fully saturated rings. The van der Waals surface area contributed by atoms with Crippen molar-refractivity contribution < 1.29 is 55.6 Å². The first-order valence-corrected chi connectivity index (χ1v) is 13.6. The minimum absolute atomic E-state index is 0. The number of nitrogens with one attached hydrogen (secondary N) is 2. The fourth-order valence-corrected chi connectivity index (χ4v) is 4.02. The zero-order chi connectivity index (χ0) is 31.9. The number of hydrogen-bond acceptors (Lipinski definition) is 10. The van der Waals surface area contributed by atoms with E-state index in [0.29, 0.717) is 24.0 Å². The van der Waals surface area contributed by atoms with Crippen LogP contribution in [-0.4, -0.2) is 60.0 Å². The molecule has 45 heavy (non-hydrogen) atoms. The molecule has 2 atom stereocenters. The van der Waals surface area contributed by atoms with Crippen molar-refractivity contribution in [3.63, 3.8) is 0 Å². The SMILES string of the molecule is COC(=O)[C@H](Cc1ccc(O)cc1)N/C=C1/C=CC=CC1=O.COC(=O)[C@H](Cc1ccc(O)cc1)N/C=C1\C=CC=CC1=O.[Co]. The maximum atomic E-state index is 11.9. The van der Waals surface area contributed by atoms with Gasteiger partial charge in [-0.3, -0.25) is 9.59 Å². The molecule has 11 heteroatoms. The number of aromatic hydroxyl groups is 2. The summed E-state index contributed by atoms with van der Waals surface area (Å²) < 4.78 is 9.56. The van der Waals surface area contributed by atoms with Gasteiger partial charge in [0.05, 0.1) is 14.2 Å². The Bertz CT molecular complexity index is 1400. The first-order chi connectivity index (χ1) is 21.2. The molecule has 0 saturated heterocycles. The summed E-state index contributed by atoms with van der Waals surface area (Å²) in [6, 6.07) is 11.9. The minimum atomic E-state index is -0.617. The molecule has 0 unspecified atom stereocenters. The van der Waals surface area contributed by atoms with Crippen LogP contribution in [0.3, 0.4) is 0 Å². The van der Waals surface area contributed by atoms with Gasteiger partial charge in [-0.05, 0) is 59.7 Å². The normalized spacial score (nSPS) is 16.2. The second kappa shape index (κ2) is 18.5. The van der Waals surface area contributed by atoms with E-state index in [2.05, 4.69) is 10.6 Å². The summed E-state index contributed by atoms with van der Waals surface area (Å²) in [5.74, 6) is -0.761. The van der Waals surface area contributed by atoms with Gasteiger partial charge in [-0.25, -0.2) is 9.59 Å². The Morgan fingerprint density at radius 2 is 0.978 bits per heavy atom. The topological polar surface area (TPSA) is 151 Å². The van der Waals surface area contributed by atoms with Gasteiger partial charge < -0.3 is 30.3 Å². The van der Waals surface area contributed by atoms with Gasteiger partial charge >= 0.3 is 11.9 Å². The number of esters is 2. The molecule has 0 aromatic heterocycles. The monoisotopic (exact) mass is 657 g/mol. The van der Waals surface area contributed by atoms with Crippen LogP contribution in [-0.2, 0) is 58.3 Å². The molecule has 4 N–H and O–H groups in total. The van der Waals surface area contributed by atoms with Gasteiger partial charge in [0, 0.05) is 53.2 Å². The third-order valence-electron chi connectivity index (χ3n) is 6.44. The molecular formula is C34H34CoN2O8. The van der Waals surface area contributed by atoms with Crippen LogP contribution in [0.2, 0.25) is 0 Å². The van der Waals surface area contributed by atoms with Crippen molar-refractivity contribution in [1.29, 1.82) is 0 Å². The summed E-state index contributed by atoms with van der Waals surface area (Å²) >= 11 is 0. The predicted molar refractivity (Wildman–Crippen MR) is 164 cm³/mol. The van der Waals surface area contributed by atoms with E-state index in [-0.39, 0.29) is 39.8 Å². The number of benzene rings is 2. The Morgan fingerprint density at radius 3 is 1.29 bits per heavy atom. The summed E-state index contributed by atoms with van der Waals surface area (Å²) in [6.45, 7) is 0. The Labute approximate surface area is 271 Å². The molecule has 2 aliphatic carbocycles. The number of methoxy groups -OCH3 is 2. The molecule has 2 aromatic carbocycles. The van der Waals surface area contributed by atoms with Crippen LogP contribution in [0.1, 0.15) is 11.1 Å². The summed E-state index contributed by atoms with van der Waals surface area (Å²) in [5, 5.41) is 24.4. The van der Waals surface area contributed by atoms with E-state index in [1.807, 2.05) is 0 Å². The Morgan fingerprint density at radius 1 is 0.644 bits per heavy atom. The van der Waals surface area contributed by atoms with E-state index >= 15 is 0 Å². The number of carbonyl (C=O) groups is 4. The van der Waals surface area contributed by atoms with Crippen molar-refractivity contribution >= 4 is 23.5 Å². The second-order valence-electron chi connectivity index (χ2n) is 9.59. The second-order valence-corrected chi connectivity index (χ2v) is 9.59. The van der Waals surface area contributed by atoms with Gasteiger partial charge in [0.2, 0.25) is 0 Å². The molecule has 0 spiro atoms. The van der Waals surface area contributed by atoms with Gasteiger partial charge in [0.1, 0.15) is 23.6 Å². The average Bonchev–Trinajstić information content (AvgIpc) is 3.04. The number of phenols is 2. The third kappa shape index (κ3) is 11.8. The third-order valence-corrected chi connectivity index (χ3v) is 6.44. The summed E-state index contributed by atoms with van der Waals surface area (Å²) in [5.41, 5.74) is 2.68. The number of allylic oxidation sites excluding steroid dienone is 10. The predicted octanol–water partition coefficient (Wildman–Crippen LogP) is 3.29. The summed E-state index contributed by atoms with van der Waals surface area (Å²) in [7, 11) is 2.63. The Kier molecular flexibility index (Phi) is 14.8. The smallest absolute Gasteiger partial charge is 0.328 e. The van der Waals surface area contributed by atoms with E-state index in [9.17, 15) is 29.4 Å². The van der Waals surface area contributed by atoms with E-state index in [0.717, 1.165) is 11.1 Å². The van der Waals surface area contributed by atoms with Crippen LogP contribution in [0.25, 0.3) is 0 Å². The van der Waals surface area contributed by atoms with Crippen molar-refractivity contribution in [3.8, 4) is 11.5 Å². The zero-order valence-electron chi connectivity index (χ0n) is 24.6. The van der Waals surface area contributed by atoms with Crippen molar-refractivity contribution in [2.45, 2.75) is 24.9 Å². The van der Waals surface area contributed by atoms with E-state index in [1.165, 1.54) is 38.8 Å². The molecule has 2 aliphatic rings. The first-order valence-electron chi connectivity index (χ1n) is 13.6. The number of ketones is 2. The molecule has 2 aromatic rings. The fraction of sp³-hybridized carbons (Fsp3) is 0.176. The van der Waals surface area contributed by atoms with Gasteiger partial charge in [-0.1, -0.05) is 48.6 Å². The number of ether oxygens (including phenoxy) is 2. The van der Waals surface area contributed by atoms with Crippen molar-refractivity contribution in [1.82, 2.24) is 10.6 Å². The molecular weight excluding hydrogens is 623 g/mol. The minimum Gasteiger partial charge on any atom is -0.508 e. The first kappa shape index (κ1) is 36.1. The quantitative estimate of drug-likeness (QED) is 0.221. The largest absolute Gasteiger partial charge is 0.508 e. The molecule has 0 aliphatic heterocycles. The van der Waals surface area contributed by atoms with Crippen LogP contribution in [0, 0.1) is 0 Å². The molecule has 4 rings (SSSR count). The number of hydrogen-bond donors (Lipinski definition) is 4. The maximum Gasteiger partial charge on any atom is 0.328 e. The average molecular weight is 658 g/mol. The molecule has 0 bridgehead atoms. The van der Waals surface area contributed by atoms with Crippen molar-refractivity contribution in [3.05, 3.63) is 132 Å². The molecule has 0 amide bonds. The Balaban J connectivity index is 0.000000307. The number of phenolic OH excluding ortho intramolecular Hbond substituents is 2. The standard InChI is InChI=1S/2C17H17NO4.Co/c2*1-22-17(21)15(10-12-6-8-14(19)9-7-12)18-11-13-4-2-3-5-16(13)20;/h2*2-9,11,15,18-19H,10H2,1H3;/b13-11+;13-11-;/t2*15-;/m00./s1. The zero-order valence-corrected chi connectivity index (χ0v) is 25.7. The molecule has 237 valence electrons. The molecule has 10 nitrogen and oxygen atoms in total. The Hall–Kier alpha value is -5.13. The van der Waals surface area contributed by atoms with Crippen molar-refractivity contribution in [2.24, 2.45) is 0 Å². The molecule has 0 saturated carbocycles. The van der Waals surface area contributed by atoms with Crippen molar-refractivity contribution in [2.75, 3.05) is 14.2 Å². The molecule has 0 heterocycles. The number of rotatable bonds is 10. The van der Waals surface area contributed by atoms with Gasteiger partial charge in [0.15, 0.2) is 11.6 Å². The van der Waals surface area contributed by atoms with Gasteiger partial charge in [-0.2, -0.15) is 0 Å². The van der Waals surface area contributed by atoms with Crippen LogP contribution < -0.4 is 10.6 Å². The van der Waals surface area contributed by atoms with Crippen LogP contribution in [0.4, 0.5) is 0 Å². The molecule has 1 radical (unpaired) electrons. The fourth-order valence-electron chi connectivity index (χ4n) is 4.02. The van der Waals surface area contributed by atoms with Gasteiger partial charge in [-0.15, -0.1) is 0 Å². The van der Waals surface area contributed by atoms with Crippen LogP contribution in [0.5, 0.6) is 11.5 Å². The van der Waals surface area contributed by atoms with Crippen LogP contribution in [0.15, 0.2) is 121 Å². The van der Waals surface area contributed by atoms with E-state index in [1.54, 1.807) is 85.0 Å². The van der Waals surface area contributed by atoms with Crippen LogP contribution >= 0.6 is 0 Å².